The van der Waals surface area contributed by atoms with Crippen LogP contribution in [0.2, 0.25) is 5.02 Å². The fourth-order valence-electron chi connectivity index (χ4n) is 3.02. The smallest absolute Gasteiger partial charge is 0.0658 e. The Kier molecular flexibility index (Phi) is 5.67. The highest BCUT2D eigenvalue weighted by atomic mass is 35.5. The molecular formula is C17H23ClN4O. The number of aromatic nitrogens is 2. The first-order valence-corrected chi connectivity index (χ1v) is 8.35. The van der Waals surface area contributed by atoms with Crippen molar-refractivity contribution in [2.75, 3.05) is 33.4 Å². The van der Waals surface area contributed by atoms with Crippen molar-refractivity contribution in [1.29, 1.82) is 0 Å². The van der Waals surface area contributed by atoms with Crippen LogP contribution in [-0.2, 0) is 17.8 Å². The molecule has 1 aromatic heterocycles. The van der Waals surface area contributed by atoms with E-state index in [0.29, 0.717) is 12.6 Å². The fourth-order valence-corrected chi connectivity index (χ4v) is 3.28. The van der Waals surface area contributed by atoms with Gasteiger partial charge in [0.1, 0.15) is 0 Å². The Morgan fingerprint density at radius 1 is 1.39 bits per heavy atom. The molecule has 5 nitrogen and oxygen atoms in total. The topological polar surface area (TPSA) is 42.3 Å². The van der Waals surface area contributed by atoms with E-state index in [0.717, 1.165) is 37.7 Å². The van der Waals surface area contributed by atoms with Gasteiger partial charge in [-0.05, 0) is 11.6 Å². The minimum atomic E-state index is 0.291. The summed E-state index contributed by atoms with van der Waals surface area (Å²) in [5.41, 5.74) is 2.41. The van der Waals surface area contributed by atoms with Crippen molar-refractivity contribution in [2.24, 2.45) is 0 Å². The van der Waals surface area contributed by atoms with E-state index in [2.05, 4.69) is 33.6 Å². The van der Waals surface area contributed by atoms with Gasteiger partial charge < -0.3 is 10.1 Å². The molecule has 1 aliphatic heterocycles. The number of ether oxygens (including phenoxy) is 1. The summed E-state index contributed by atoms with van der Waals surface area (Å²) in [6, 6.07) is 8.41. The zero-order chi connectivity index (χ0) is 16.1. The molecule has 1 N–H and O–H groups in total. The summed E-state index contributed by atoms with van der Waals surface area (Å²) in [6.45, 7) is 5.26. The first-order chi connectivity index (χ1) is 11.3. The Morgan fingerprint density at radius 2 is 2.26 bits per heavy atom. The average molecular weight is 335 g/mol. The monoisotopic (exact) mass is 334 g/mol. The van der Waals surface area contributed by atoms with E-state index in [1.807, 2.05) is 23.0 Å². The van der Waals surface area contributed by atoms with E-state index in [-0.39, 0.29) is 0 Å². The molecule has 2 heterocycles. The molecule has 1 unspecified atom stereocenters. The predicted octanol–water partition coefficient (Wildman–Crippen LogP) is 2.33. The Labute approximate surface area is 142 Å². The van der Waals surface area contributed by atoms with Gasteiger partial charge in [0.2, 0.25) is 0 Å². The third kappa shape index (κ3) is 4.12. The summed E-state index contributed by atoms with van der Waals surface area (Å²) in [7, 11) is 1.71. The second kappa shape index (κ2) is 7.93. The Bertz CT molecular complexity index is 631. The minimum absolute atomic E-state index is 0.291. The van der Waals surface area contributed by atoms with Crippen LogP contribution in [-0.4, -0.2) is 48.0 Å². The lowest BCUT2D eigenvalue weighted by Crippen LogP contribution is -2.45. The summed E-state index contributed by atoms with van der Waals surface area (Å²) < 4.78 is 7.03. The number of halogens is 1. The lowest BCUT2D eigenvalue weighted by atomic mass is 10.0. The highest BCUT2D eigenvalue weighted by Gasteiger charge is 2.25. The van der Waals surface area contributed by atoms with E-state index in [9.17, 15) is 0 Å². The van der Waals surface area contributed by atoms with Gasteiger partial charge >= 0.3 is 0 Å². The summed E-state index contributed by atoms with van der Waals surface area (Å²) in [6.07, 6.45) is 4.05. The van der Waals surface area contributed by atoms with Crippen molar-refractivity contribution in [3.63, 3.8) is 0 Å². The van der Waals surface area contributed by atoms with Gasteiger partial charge in [-0.15, -0.1) is 0 Å². The SMILES string of the molecule is COCCn1cc(CN2CCNCC2c2ccccc2Cl)cn1. The number of methoxy groups -OCH3 is 1. The number of benzene rings is 1. The maximum absolute atomic E-state index is 6.40. The van der Waals surface area contributed by atoms with Crippen LogP contribution < -0.4 is 5.32 Å². The van der Waals surface area contributed by atoms with Crippen LogP contribution in [0.4, 0.5) is 0 Å². The molecule has 1 aromatic carbocycles. The van der Waals surface area contributed by atoms with Crippen LogP contribution in [0.25, 0.3) is 0 Å². The van der Waals surface area contributed by atoms with E-state index >= 15 is 0 Å². The molecule has 1 atom stereocenters. The van der Waals surface area contributed by atoms with Gasteiger partial charge in [-0.2, -0.15) is 5.10 Å². The van der Waals surface area contributed by atoms with Crippen molar-refractivity contribution < 1.29 is 4.74 Å². The lowest BCUT2D eigenvalue weighted by molar-refractivity contribution is 0.153. The van der Waals surface area contributed by atoms with Gasteiger partial charge in [0.15, 0.2) is 0 Å². The van der Waals surface area contributed by atoms with E-state index in [1.165, 1.54) is 11.1 Å². The van der Waals surface area contributed by atoms with Crippen molar-refractivity contribution in [1.82, 2.24) is 20.0 Å². The Balaban J connectivity index is 1.72. The normalized spacial score (nSPS) is 19.1. The van der Waals surface area contributed by atoms with Crippen LogP contribution in [0.3, 0.4) is 0 Å². The van der Waals surface area contributed by atoms with E-state index in [4.69, 9.17) is 16.3 Å². The van der Waals surface area contributed by atoms with E-state index in [1.54, 1.807) is 7.11 Å². The second-order valence-electron chi connectivity index (χ2n) is 5.82. The largest absolute Gasteiger partial charge is 0.383 e. The lowest BCUT2D eigenvalue weighted by Gasteiger charge is -2.36. The fraction of sp³-hybridized carbons (Fsp3) is 0.471. The van der Waals surface area contributed by atoms with Crippen molar-refractivity contribution in [2.45, 2.75) is 19.1 Å². The van der Waals surface area contributed by atoms with Crippen LogP contribution in [0.1, 0.15) is 17.2 Å². The average Bonchev–Trinajstić information content (AvgIpc) is 3.02. The first-order valence-electron chi connectivity index (χ1n) is 7.97. The predicted molar refractivity (Wildman–Crippen MR) is 91.6 cm³/mol. The molecule has 23 heavy (non-hydrogen) atoms. The van der Waals surface area contributed by atoms with Gasteiger partial charge in [0.25, 0.3) is 0 Å². The molecule has 3 rings (SSSR count). The number of hydrogen-bond donors (Lipinski definition) is 1. The van der Waals surface area contributed by atoms with Gasteiger partial charge in [0, 0.05) is 56.1 Å². The summed E-state index contributed by atoms with van der Waals surface area (Å²) in [5, 5.41) is 8.71. The zero-order valence-electron chi connectivity index (χ0n) is 13.4. The number of rotatable bonds is 6. The van der Waals surface area contributed by atoms with Crippen molar-refractivity contribution >= 4 is 11.6 Å². The molecule has 0 bridgehead atoms. The summed E-state index contributed by atoms with van der Waals surface area (Å²) in [5.74, 6) is 0. The van der Waals surface area contributed by atoms with Crippen molar-refractivity contribution in [3.8, 4) is 0 Å². The van der Waals surface area contributed by atoms with Crippen LogP contribution >= 0.6 is 11.6 Å². The molecule has 0 aliphatic carbocycles. The number of nitrogens with one attached hydrogen (secondary N) is 1. The zero-order valence-corrected chi connectivity index (χ0v) is 14.2. The molecule has 2 aromatic rings. The Hall–Kier alpha value is -1.40. The first kappa shape index (κ1) is 16.5. The summed E-state index contributed by atoms with van der Waals surface area (Å²) >= 11 is 6.40. The maximum Gasteiger partial charge on any atom is 0.0658 e. The molecule has 124 valence electrons. The van der Waals surface area contributed by atoms with Gasteiger partial charge in [-0.3, -0.25) is 9.58 Å². The third-order valence-electron chi connectivity index (χ3n) is 4.22. The molecule has 0 saturated carbocycles. The highest BCUT2D eigenvalue weighted by Crippen LogP contribution is 2.29. The van der Waals surface area contributed by atoms with Crippen LogP contribution in [0.5, 0.6) is 0 Å². The van der Waals surface area contributed by atoms with Crippen LogP contribution in [0, 0.1) is 0 Å². The number of nitrogens with zero attached hydrogens (tertiary/aromatic N) is 3. The third-order valence-corrected chi connectivity index (χ3v) is 4.56. The highest BCUT2D eigenvalue weighted by molar-refractivity contribution is 6.31. The molecule has 1 aliphatic rings. The molecule has 0 amide bonds. The molecule has 1 fully saturated rings. The quantitative estimate of drug-likeness (QED) is 0.880. The minimum Gasteiger partial charge on any atom is -0.383 e. The van der Waals surface area contributed by atoms with E-state index < -0.39 is 0 Å². The molecule has 6 heteroatoms. The standard InChI is InChI=1S/C17H23ClN4O/c1-23-9-8-22-13-14(10-20-22)12-21-7-6-19-11-17(21)15-4-2-3-5-16(15)18/h2-5,10,13,17,19H,6-9,11-12H2,1H3. The molecular weight excluding hydrogens is 312 g/mol. The second-order valence-corrected chi connectivity index (χ2v) is 6.22. The number of hydrogen-bond acceptors (Lipinski definition) is 4. The van der Waals surface area contributed by atoms with Crippen LogP contribution in [0.15, 0.2) is 36.7 Å². The van der Waals surface area contributed by atoms with Gasteiger partial charge in [-0.25, -0.2) is 0 Å². The summed E-state index contributed by atoms with van der Waals surface area (Å²) in [4.78, 5) is 2.47. The van der Waals surface area contributed by atoms with Gasteiger partial charge in [0.05, 0.1) is 19.3 Å². The molecule has 1 saturated heterocycles. The maximum atomic E-state index is 6.40. The van der Waals surface area contributed by atoms with Gasteiger partial charge in [-0.1, -0.05) is 29.8 Å². The number of piperazine rings is 1. The molecule has 0 spiro atoms. The molecule has 0 radical (unpaired) electrons. The Morgan fingerprint density at radius 3 is 3.09 bits per heavy atom. The van der Waals surface area contributed by atoms with Crippen molar-refractivity contribution in [3.05, 3.63) is 52.8 Å².